The molecule has 0 aromatic heterocycles. The van der Waals surface area contributed by atoms with Crippen LogP contribution in [0, 0.1) is 0 Å². The van der Waals surface area contributed by atoms with Gasteiger partial charge in [0.1, 0.15) is 6.23 Å². The molecule has 2 nitrogen and oxygen atoms in total. The second-order valence-corrected chi connectivity index (χ2v) is 3.06. The second kappa shape index (κ2) is 8.75. The van der Waals surface area contributed by atoms with Gasteiger partial charge in [0.25, 0.3) is 0 Å². The summed E-state index contributed by atoms with van der Waals surface area (Å²) in [6.07, 6.45) is 7.12. The molecule has 0 aliphatic carbocycles. The number of rotatable bonds is 8. The molecule has 0 aromatic carbocycles. The van der Waals surface area contributed by atoms with E-state index < -0.39 is 0 Å². The van der Waals surface area contributed by atoms with E-state index in [2.05, 4.69) is 18.8 Å². The van der Waals surface area contributed by atoms with Gasteiger partial charge >= 0.3 is 0 Å². The molecule has 0 aliphatic heterocycles. The second-order valence-electron chi connectivity index (χ2n) is 3.06. The zero-order valence-electron chi connectivity index (χ0n) is 8.05. The zero-order chi connectivity index (χ0) is 9.23. The minimum atomic E-state index is -0.347. The highest BCUT2D eigenvalue weighted by molar-refractivity contribution is 4.70. The van der Waals surface area contributed by atoms with Gasteiger partial charge in [-0.3, -0.25) is 5.32 Å². The molecule has 0 fully saturated rings. The SMILES string of the molecule is C=CCNC(O)CCCCCC. The van der Waals surface area contributed by atoms with E-state index in [-0.39, 0.29) is 6.23 Å². The summed E-state index contributed by atoms with van der Waals surface area (Å²) in [7, 11) is 0. The van der Waals surface area contributed by atoms with Crippen molar-refractivity contribution < 1.29 is 5.11 Å². The zero-order valence-corrected chi connectivity index (χ0v) is 8.05. The largest absolute Gasteiger partial charge is 0.379 e. The molecule has 2 N–H and O–H groups in total. The van der Waals surface area contributed by atoms with E-state index >= 15 is 0 Å². The van der Waals surface area contributed by atoms with E-state index in [1.807, 2.05) is 0 Å². The molecule has 0 spiro atoms. The molecule has 0 amide bonds. The Balaban J connectivity index is 3.07. The summed E-state index contributed by atoms with van der Waals surface area (Å²) in [5, 5.41) is 12.3. The number of nitrogens with one attached hydrogen (secondary N) is 1. The monoisotopic (exact) mass is 171 g/mol. The molecule has 0 saturated carbocycles. The van der Waals surface area contributed by atoms with Gasteiger partial charge in [0, 0.05) is 6.54 Å². The summed E-state index contributed by atoms with van der Waals surface area (Å²) >= 11 is 0. The van der Waals surface area contributed by atoms with E-state index in [0.29, 0.717) is 6.54 Å². The van der Waals surface area contributed by atoms with Gasteiger partial charge in [-0.1, -0.05) is 32.3 Å². The highest BCUT2D eigenvalue weighted by atomic mass is 16.3. The van der Waals surface area contributed by atoms with Crippen LogP contribution in [0.3, 0.4) is 0 Å². The summed E-state index contributed by atoms with van der Waals surface area (Å²) in [5.74, 6) is 0. The molecule has 0 heterocycles. The molecule has 1 atom stereocenters. The molecule has 0 aromatic rings. The molecule has 12 heavy (non-hydrogen) atoms. The van der Waals surface area contributed by atoms with Crippen LogP contribution in [-0.4, -0.2) is 17.9 Å². The summed E-state index contributed by atoms with van der Waals surface area (Å²) in [6, 6.07) is 0. The number of hydrogen-bond donors (Lipinski definition) is 2. The molecule has 2 heteroatoms. The van der Waals surface area contributed by atoms with Gasteiger partial charge in [0.15, 0.2) is 0 Å². The van der Waals surface area contributed by atoms with Crippen molar-refractivity contribution in [2.75, 3.05) is 6.54 Å². The number of aliphatic hydroxyl groups excluding tert-OH is 1. The lowest BCUT2D eigenvalue weighted by molar-refractivity contribution is 0.129. The number of aliphatic hydroxyl groups is 1. The molecule has 0 radical (unpaired) electrons. The standard InChI is InChI=1S/C10H21NO/c1-3-5-6-7-8-10(12)11-9-4-2/h4,10-12H,2-3,5-9H2,1H3. The fourth-order valence-electron chi connectivity index (χ4n) is 1.09. The molecule has 0 aliphatic rings. The van der Waals surface area contributed by atoms with Crippen molar-refractivity contribution in [2.45, 2.75) is 45.3 Å². The maximum absolute atomic E-state index is 9.32. The van der Waals surface area contributed by atoms with Crippen LogP contribution in [-0.2, 0) is 0 Å². The number of unbranched alkanes of at least 4 members (excludes halogenated alkanes) is 3. The number of hydrogen-bond acceptors (Lipinski definition) is 2. The Bertz CT molecular complexity index is 104. The molecule has 72 valence electrons. The van der Waals surface area contributed by atoms with Crippen molar-refractivity contribution in [3.63, 3.8) is 0 Å². The average Bonchev–Trinajstić information content (AvgIpc) is 2.09. The minimum absolute atomic E-state index is 0.347. The Morgan fingerprint density at radius 2 is 2.17 bits per heavy atom. The summed E-state index contributed by atoms with van der Waals surface area (Å²) < 4.78 is 0. The Labute approximate surface area is 75.7 Å². The van der Waals surface area contributed by atoms with E-state index in [1.165, 1.54) is 19.3 Å². The normalized spacial score (nSPS) is 12.8. The Morgan fingerprint density at radius 3 is 2.75 bits per heavy atom. The molecular weight excluding hydrogens is 150 g/mol. The van der Waals surface area contributed by atoms with Crippen LogP contribution in [0.15, 0.2) is 12.7 Å². The van der Waals surface area contributed by atoms with Gasteiger partial charge in [0.2, 0.25) is 0 Å². The molecule has 0 saturated heterocycles. The van der Waals surface area contributed by atoms with Crippen molar-refractivity contribution in [3.8, 4) is 0 Å². The third kappa shape index (κ3) is 7.76. The van der Waals surface area contributed by atoms with E-state index in [9.17, 15) is 5.11 Å². The van der Waals surface area contributed by atoms with Gasteiger partial charge in [0.05, 0.1) is 0 Å². The maximum atomic E-state index is 9.32. The van der Waals surface area contributed by atoms with E-state index in [1.54, 1.807) is 6.08 Å². The smallest absolute Gasteiger partial charge is 0.105 e. The summed E-state index contributed by atoms with van der Waals surface area (Å²) in [5.41, 5.74) is 0. The summed E-state index contributed by atoms with van der Waals surface area (Å²) in [6.45, 7) is 6.45. The van der Waals surface area contributed by atoms with Crippen LogP contribution in [0.25, 0.3) is 0 Å². The van der Waals surface area contributed by atoms with Crippen LogP contribution in [0.1, 0.15) is 39.0 Å². The van der Waals surface area contributed by atoms with Gasteiger partial charge in [-0.15, -0.1) is 6.58 Å². The van der Waals surface area contributed by atoms with Crippen LogP contribution in [0.2, 0.25) is 0 Å². The first-order chi connectivity index (χ1) is 5.81. The highest BCUT2D eigenvalue weighted by Crippen LogP contribution is 2.03. The summed E-state index contributed by atoms with van der Waals surface area (Å²) in [4.78, 5) is 0. The van der Waals surface area contributed by atoms with Crippen molar-refractivity contribution in [1.82, 2.24) is 5.32 Å². The van der Waals surface area contributed by atoms with Crippen LogP contribution >= 0.6 is 0 Å². The molecular formula is C10H21NO. The highest BCUT2D eigenvalue weighted by Gasteiger charge is 1.99. The van der Waals surface area contributed by atoms with Crippen LogP contribution < -0.4 is 5.32 Å². The fourth-order valence-corrected chi connectivity index (χ4v) is 1.09. The van der Waals surface area contributed by atoms with E-state index in [4.69, 9.17) is 0 Å². The van der Waals surface area contributed by atoms with Gasteiger partial charge in [-0.25, -0.2) is 0 Å². The first-order valence-electron chi connectivity index (χ1n) is 4.83. The van der Waals surface area contributed by atoms with Crippen LogP contribution in [0.4, 0.5) is 0 Å². The average molecular weight is 171 g/mol. The first-order valence-corrected chi connectivity index (χ1v) is 4.83. The van der Waals surface area contributed by atoms with Crippen molar-refractivity contribution >= 4 is 0 Å². The molecule has 0 bridgehead atoms. The van der Waals surface area contributed by atoms with Gasteiger partial charge in [-0.2, -0.15) is 0 Å². The quantitative estimate of drug-likeness (QED) is 0.333. The van der Waals surface area contributed by atoms with Gasteiger partial charge < -0.3 is 5.11 Å². The minimum Gasteiger partial charge on any atom is -0.379 e. The first kappa shape index (κ1) is 11.7. The van der Waals surface area contributed by atoms with Crippen molar-refractivity contribution in [1.29, 1.82) is 0 Å². The third-order valence-corrected chi connectivity index (χ3v) is 1.83. The Hall–Kier alpha value is -0.340. The lowest BCUT2D eigenvalue weighted by Crippen LogP contribution is -2.28. The van der Waals surface area contributed by atoms with E-state index in [0.717, 1.165) is 12.8 Å². The predicted molar refractivity (Wildman–Crippen MR) is 53.0 cm³/mol. The fraction of sp³-hybridized carbons (Fsp3) is 0.800. The molecule has 1 unspecified atom stereocenters. The third-order valence-electron chi connectivity index (χ3n) is 1.83. The predicted octanol–water partition coefficient (Wildman–Crippen LogP) is 2.05. The van der Waals surface area contributed by atoms with Crippen molar-refractivity contribution in [3.05, 3.63) is 12.7 Å². The Morgan fingerprint density at radius 1 is 1.42 bits per heavy atom. The van der Waals surface area contributed by atoms with Crippen molar-refractivity contribution in [2.24, 2.45) is 0 Å². The Kier molecular flexibility index (Phi) is 8.51. The van der Waals surface area contributed by atoms with Gasteiger partial charge in [-0.05, 0) is 12.8 Å². The lowest BCUT2D eigenvalue weighted by atomic mass is 10.1. The van der Waals surface area contributed by atoms with Crippen LogP contribution in [0.5, 0.6) is 0 Å². The maximum Gasteiger partial charge on any atom is 0.105 e. The lowest BCUT2D eigenvalue weighted by Gasteiger charge is -2.10. The molecule has 0 rings (SSSR count). The topological polar surface area (TPSA) is 32.3 Å².